The Morgan fingerprint density at radius 1 is 1.18 bits per heavy atom. The SMILES string of the molecule is C/C=C/c1ccc(OCC(=O)NCc2nc(-c3ccccc3)cs2)c(OC)c1. The molecule has 0 saturated carbocycles. The summed E-state index contributed by atoms with van der Waals surface area (Å²) in [6.45, 7) is 2.24. The third kappa shape index (κ3) is 5.20. The summed E-state index contributed by atoms with van der Waals surface area (Å²) in [7, 11) is 1.58. The van der Waals surface area contributed by atoms with Gasteiger partial charge in [0.25, 0.3) is 5.91 Å². The van der Waals surface area contributed by atoms with Crippen molar-refractivity contribution in [3.05, 3.63) is 70.6 Å². The van der Waals surface area contributed by atoms with Crippen LogP contribution >= 0.6 is 11.3 Å². The summed E-state index contributed by atoms with van der Waals surface area (Å²) in [6, 6.07) is 15.5. The van der Waals surface area contributed by atoms with Crippen molar-refractivity contribution in [3.63, 3.8) is 0 Å². The number of carbonyl (C=O) groups is 1. The zero-order valence-corrected chi connectivity index (χ0v) is 16.7. The Labute approximate surface area is 168 Å². The lowest BCUT2D eigenvalue weighted by atomic mass is 10.2. The minimum absolute atomic E-state index is 0.0871. The maximum Gasteiger partial charge on any atom is 0.258 e. The largest absolute Gasteiger partial charge is 0.493 e. The summed E-state index contributed by atoms with van der Waals surface area (Å²) in [5, 5.41) is 5.67. The summed E-state index contributed by atoms with van der Waals surface area (Å²) in [6.07, 6.45) is 3.92. The summed E-state index contributed by atoms with van der Waals surface area (Å²) in [5.41, 5.74) is 2.99. The molecule has 6 heteroatoms. The van der Waals surface area contributed by atoms with Gasteiger partial charge in [0.15, 0.2) is 18.1 Å². The highest BCUT2D eigenvalue weighted by atomic mass is 32.1. The summed E-state index contributed by atoms with van der Waals surface area (Å²) in [4.78, 5) is 16.7. The molecule has 0 fully saturated rings. The first-order valence-electron chi connectivity index (χ1n) is 8.89. The standard InChI is InChI=1S/C22H22N2O3S/c1-3-7-16-10-11-19(20(12-16)26-2)27-14-21(25)23-13-22-24-18(15-28-22)17-8-5-4-6-9-17/h3-12,15H,13-14H2,1-2H3,(H,23,25)/b7-3+. The molecular formula is C22H22N2O3S. The molecule has 3 aromatic rings. The van der Waals surface area contributed by atoms with E-state index in [1.54, 1.807) is 13.2 Å². The van der Waals surface area contributed by atoms with E-state index in [1.165, 1.54) is 11.3 Å². The second-order valence-corrected chi connectivity index (χ2v) is 6.91. The number of nitrogens with one attached hydrogen (secondary N) is 1. The van der Waals surface area contributed by atoms with Crippen molar-refractivity contribution in [1.29, 1.82) is 0 Å². The smallest absolute Gasteiger partial charge is 0.258 e. The Bertz CT molecular complexity index is 951. The average molecular weight is 394 g/mol. The number of nitrogens with zero attached hydrogens (tertiary/aromatic N) is 1. The molecule has 0 aliphatic carbocycles. The molecule has 5 nitrogen and oxygen atoms in total. The van der Waals surface area contributed by atoms with Crippen LogP contribution in [-0.4, -0.2) is 24.6 Å². The molecule has 0 aliphatic heterocycles. The van der Waals surface area contributed by atoms with Crippen LogP contribution in [0.25, 0.3) is 17.3 Å². The summed E-state index contributed by atoms with van der Waals surface area (Å²) >= 11 is 1.52. The van der Waals surface area contributed by atoms with Crippen LogP contribution in [0.4, 0.5) is 0 Å². The molecule has 0 unspecified atom stereocenters. The molecule has 144 valence electrons. The van der Waals surface area contributed by atoms with Crippen molar-refractivity contribution in [2.75, 3.05) is 13.7 Å². The van der Waals surface area contributed by atoms with Gasteiger partial charge in [-0.2, -0.15) is 0 Å². The quantitative estimate of drug-likeness (QED) is 0.609. The van der Waals surface area contributed by atoms with Crippen molar-refractivity contribution in [2.45, 2.75) is 13.5 Å². The molecule has 0 radical (unpaired) electrons. The number of allylic oxidation sites excluding steroid dienone is 1. The first-order valence-corrected chi connectivity index (χ1v) is 9.77. The Kier molecular flexibility index (Phi) is 6.81. The van der Waals surface area contributed by atoms with Crippen LogP contribution < -0.4 is 14.8 Å². The number of methoxy groups -OCH3 is 1. The third-order valence-electron chi connectivity index (χ3n) is 3.96. The maximum atomic E-state index is 12.1. The predicted octanol–water partition coefficient (Wildman–Crippen LogP) is 4.55. The fraction of sp³-hybridized carbons (Fsp3) is 0.182. The number of thiazole rings is 1. The van der Waals surface area contributed by atoms with E-state index in [-0.39, 0.29) is 12.5 Å². The van der Waals surface area contributed by atoms with Gasteiger partial charge in [0.1, 0.15) is 5.01 Å². The number of hydrogen-bond acceptors (Lipinski definition) is 5. The fourth-order valence-corrected chi connectivity index (χ4v) is 3.34. The van der Waals surface area contributed by atoms with Crippen LogP contribution in [0.5, 0.6) is 11.5 Å². The highest BCUT2D eigenvalue weighted by molar-refractivity contribution is 7.09. The lowest BCUT2D eigenvalue weighted by Gasteiger charge is -2.11. The van der Waals surface area contributed by atoms with Gasteiger partial charge >= 0.3 is 0 Å². The molecule has 2 aromatic carbocycles. The lowest BCUT2D eigenvalue weighted by molar-refractivity contribution is -0.123. The molecule has 0 bridgehead atoms. The highest BCUT2D eigenvalue weighted by Crippen LogP contribution is 2.28. The zero-order chi connectivity index (χ0) is 19.8. The number of amides is 1. The highest BCUT2D eigenvalue weighted by Gasteiger charge is 2.10. The van der Waals surface area contributed by atoms with Crippen molar-refractivity contribution < 1.29 is 14.3 Å². The molecular weight excluding hydrogens is 372 g/mol. The molecule has 28 heavy (non-hydrogen) atoms. The number of rotatable bonds is 8. The topological polar surface area (TPSA) is 60.5 Å². The molecule has 1 N–H and O–H groups in total. The monoisotopic (exact) mass is 394 g/mol. The normalized spacial score (nSPS) is 10.8. The predicted molar refractivity (Wildman–Crippen MR) is 113 cm³/mol. The van der Waals surface area contributed by atoms with Gasteiger partial charge in [-0.05, 0) is 24.6 Å². The molecule has 3 rings (SSSR count). The van der Waals surface area contributed by atoms with E-state index in [0.29, 0.717) is 18.0 Å². The van der Waals surface area contributed by atoms with Crippen LogP contribution in [0.2, 0.25) is 0 Å². The van der Waals surface area contributed by atoms with Gasteiger partial charge in [-0.25, -0.2) is 4.98 Å². The number of ether oxygens (including phenoxy) is 2. The van der Waals surface area contributed by atoms with Gasteiger partial charge in [-0.1, -0.05) is 48.6 Å². The molecule has 0 spiro atoms. The van der Waals surface area contributed by atoms with E-state index in [9.17, 15) is 4.79 Å². The minimum atomic E-state index is -0.212. The van der Waals surface area contributed by atoms with Crippen LogP contribution in [0.1, 0.15) is 17.5 Å². The Hall–Kier alpha value is -3.12. The molecule has 1 aromatic heterocycles. The van der Waals surface area contributed by atoms with Gasteiger partial charge in [0.2, 0.25) is 0 Å². The molecule has 0 aliphatic rings. The van der Waals surface area contributed by atoms with E-state index in [2.05, 4.69) is 10.3 Å². The zero-order valence-electron chi connectivity index (χ0n) is 15.8. The van der Waals surface area contributed by atoms with Crippen LogP contribution in [0.3, 0.4) is 0 Å². The van der Waals surface area contributed by atoms with E-state index in [4.69, 9.17) is 9.47 Å². The number of aromatic nitrogens is 1. The van der Waals surface area contributed by atoms with Gasteiger partial charge in [0.05, 0.1) is 19.3 Å². The van der Waals surface area contributed by atoms with Crippen molar-refractivity contribution in [3.8, 4) is 22.8 Å². The van der Waals surface area contributed by atoms with Crippen molar-refractivity contribution in [1.82, 2.24) is 10.3 Å². The first-order chi connectivity index (χ1) is 13.7. The van der Waals surface area contributed by atoms with Crippen LogP contribution in [0, 0.1) is 0 Å². The Balaban J connectivity index is 1.52. The molecule has 1 amide bonds. The van der Waals surface area contributed by atoms with Crippen molar-refractivity contribution >= 4 is 23.3 Å². The molecule has 0 atom stereocenters. The van der Waals surface area contributed by atoms with E-state index in [0.717, 1.165) is 21.8 Å². The number of benzene rings is 2. The van der Waals surface area contributed by atoms with E-state index < -0.39 is 0 Å². The lowest BCUT2D eigenvalue weighted by Crippen LogP contribution is -2.28. The average Bonchev–Trinajstić information content (AvgIpc) is 3.21. The van der Waals surface area contributed by atoms with Gasteiger partial charge in [-0.15, -0.1) is 11.3 Å². The molecule has 1 heterocycles. The van der Waals surface area contributed by atoms with Crippen LogP contribution in [0.15, 0.2) is 60.0 Å². The molecule has 0 saturated heterocycles. The second-order valence-electron chi connectivity index (χ2n) is 5.97. The number of carbonyl (C=O) groups excluding carboxylic acids is 1. The van der Waals surface area contributed by atoms with E-state index >= 15 is 0 Å². The first kappa shape index (κ1) is 19.6. The van der Waals surface area contributed by atoms with Gasteiger partial charge in [-0.3, -0.25) is 4.79 Å². The third-order valence-corrected chi connectivity index (χ3v) is 4.81. The maximum absolute atomic E-state index is 12.1. The summed E-state index contributed by atoms with van der Waals surface area (Å²) in [5.74, 6) is 0.915. The Morgan fingerprint density at radius 3 is 2.75 bits per heavy atom. The minimum Gasteiger partial charge on any atom is -0.493 e. The van der Waals surface area contributed by atoms with Crippen molar-refractivity contribution in [2.24, 2.45) is 0 Å². The van der Waals surface area contributed by atoms with E-state index in [1.807, 2.05) is 66.9 Å². The Morgan fingerprint density at radius 2 is 2.00 bits per heavy atom. The van der Waals surface area contributed by atoms with Gasteiger partial charge < -0.3 is 14.8 Å². The number of hydrogen-bond donors (Lipinski definition) is 1. The van der Waals surface area contributed by atoms with Crippen LogP contribution in [-0.2, 0) is 11.3 Å². The van der Waals surface area contributed by atoms with Gasteiger partial charge in [0, 0.05) is 10.9 Å². The second kappa shape index (κ2) is 9.71. The fourth-order valence-electron chi connectivity index (χ4n) is 2.60. The summed E-state index contributed by atoms with van der Waals surface area (Å²) < 4.78 is 10.9.